The molecule has 217 valence electrons. The van der Waals surface area contributed by atoms with E-state index in [0.717, 1.165) is 0 Å². The Labute approximate surface area is 267 Å². The first kappa shape index (κ1) is 34.0. The van der Waals surface area contributed by atoms with E-state index in [0.29, 0.717) is 0 Å². The number of rotatable bonds is 6. The molecular weight excluding hydrogens is 685 g/mol. The fraction of sp³-hybridized carbons (Fsp3) is 0. The van der Waals surface area contributed by atoms with Crippen molar-refractivity contribution in [2.24, 2.45) is 0 Å². The SMILES string of the molecule is F.[O]=[Sb]([O-])[O-].c1ccc([S+](c2ccccc2)c2ccccc2)cc1.c1ccc([S+](c2ccccc2)c2ccccc2)cc1. The minimum atomic E-state index is -4.20. The maximum atomic E-state index is 8.60. The van der Waals surface area contributed by atoms with E-state index >= 15 is 0 Å². The number of halogens is 1. The van der Waals surface area contributed by atoms with Crippen molar-refractivity contribution in [3.63, 3.8) is 0 Å². The van der Waals surface area contributed by atoms with Crippen molar-refractivity contribution in [3.8, 4) is 0 Å². The van der Waals surface area contributed by atoms with Gasteiger partial charge in [-0.1, -0.05) is 109 Å². The molecule has 0 N–H and O–H groups in total. The molecule has 0 aliphatic heterocycles. The van der Waals surface area contributed by atoms with Gasteiger partial charge in [-0.2, -0.15) is 0 Å². The zero-order chi connectivity index (χ0) is 29.4. The molecule has 6 aromatic carbocycles. The molecule has 7 heteroatoms. The van der Waals surface area contributed by atoms with Gasteiger partial charge in [0.25, 0.3) is 0 Å². The number of hydrogen-bond acceptors (Lipinski definition) is 3. The largest absolute Gasteiger partial charge is 0.166 e. The molecule has 3 nitrogen and oxygen atoms in total. The Hall–Kier alpha value is -3.51. The fourth-order valence-corrected chi connectivity index (χ4v) is 8.36. The van der Waals surface area contributed by atoms with Crippen molar-refractivity contribution >= 4 is 42.8 Å². The van der Waals surface area contributed by atoms with Crippen molar-refractivity contribution in [3.05, 3.63) is 182 Å². The number of hydrogen-bond donors (Lipinski definition) is 0. The van der Waals surface area contributed by atoms with Gasteiger partial charge < -0.3 is 0 Å². The maximum absolute atomic E-state index is 8.60. The van der Waals surface area contributed by atoms with E-state index in [-0.39, 0.29) is 26.5 Å². The van der Waals surface area contributed by atoms with E-state index in [1.54, 1.807) is 0 Å². The standard InChI is InChI=1S/2C18H15S.FH.3O.Sb/c2*1-4-10-16(11-5-1)19(17-12-6-2-7-13-17)18-14-8-3-9-15-18;;;;;/h2*1-15H;1H;;;;/q2*+1;;;2*-1;. The predicted octanol–water partition coefficient (Wildman–Crippen LogP) is 6.84. The van der Waals surface area contributed by atoms with Gasteiger partial charge in [0.05, 0.1) is 21.8 Å². The summed E-state index contributed by atoms with van der Waals surface area (Å²) in [5.41, 5.74) is 0. The smallest absolute Gasteiger partial charge is 0.0619 e. The molecule has 0 unspecified atom stereocenters. The van der Waals surface area contributed by atoms with Crippen molar-refractivity contribution in [2.75, 3.05) is 0 Å². The molecule has 6 aromatic rings. The van der Waals surface area contributed by atoms with Gasteiger partial charge in [-0.25, -0.2) is 0 Å². The second-order valence-corrected chi connectivity index (χ2v) is 14.0. The van der Waals surface area contributed by atoms with Crippen molar-refractivity contribution < 1.29 is 14.5 Å². The van der Waals surface area contributed by atoms with Crippen LogP contribution >= 0.6 is 0 Å². The summed E-state index contributed by atoms with van der Waals surface area (Å²) < 4.78 is 25.8. The summed E-state index contributed by atoms with van der Waals surface area (Å²) in [5.74, 6) is 0. The topological polar surface area (TPSA) is 63.2 Å². The van der Waals surface area contributed by atoms with Gasteiger partial charge >= 0.3 is 30.8 Å². The zero-order valence-electron chi connectivity index (χ0n) is 23.2. The predicted molar refractivity (Wildman–Crippen MR) is 172 cm³/mol. The zero-order valence-corrected chi connectivity index (χ0v) is 27.4. The second kappa shape index (κ2) is 18.9. The summed E-state index contributed by atoms with van der Waals surface area (Å²) in [6.07, 6.45) is 0. The summed E-state index contributed by atoms with van der Waals surface area (Å²) in [7, 11) is -0.0293. The third kappa shape index (κ3) is 10.9. The first-order valence-electron chi connectivity index (χ1n) is 13.2. The summed E-state index contributed by atoms with van der Waals surface area (Å²) >= 11 is -4.20. The third-order valence-corrected chi connectivity index (χ3v) is 10.3. The summed E-state index contributed by atoms with van der Waals surface area (Å²) in [5, 5.41) is 0. The molecule has 0 atom stereocenters. The van der Waals surface area contributed by atoms with Crippen LogP contribution in [0.3, 0.4) is 0 Å². The minimum Gasteiger partial charge on any atom is -0.0619 e. The van der Waals surface area contributed by atoms with Crippen LogP contribution in [-0.4, -0.2) is 21.0 Å². The van der Waals surface area contributed by atoms with Crippen LogP contribution in [0.25, 0.3) is 0 Å². The molecule has 6 rings (SSSR count). The van der Waals surface area contributed by atoms with Crippen LogP contribution < -0.4 is 6.77 Å². The molecule has 0 fully saturated rings. The Kier molecular flexibility index (Phi) is 14.9. The average molecular weight is 717 g/mol. The molecule has 0 saturated carbocycles. The first-order chi connectivity index (χ1) is 20.6. The van der Waals surface area contributed by atoms with E-state index in [2.05, 4.69) is 182 Å². The Morgan fingerprint density at radius 3 is 0.558 bits per heavy atom. The Bertz CT molecular complexity index is 1290. The summed E-state index contributed by atoms with van der Waals surface area (Å²) in [6.45, 7) is 0. The third-order valence-electron chi connectivity index (χ3n) is 5.87. The second-order valence-electron chi connectivity index (χ2n) is 8.71. The van der Waals surface area contributed by atoms with E-state index in [1.165, 1.54) is 29.4 Å². The molecule has 0 bridgehead atoms. The molecule has 0 spiro atoms. The molecule has 0 heterocycles. The molecule has 0 aromatic heterocycles. The van der Waals surface area contributed by atoms with E-state index in [1.807, 2.05) is 0 Å². The Balaban J connectivity index is 0.000000206. The Morgan fingerprint density at radius 1 is 0.326 bits per heavy atom. The molecule has 0 aliphatic carbocycles. The van der Waals surface area contributed by atoms with Crippen LogP contribution in [0.15, 0.2) is 211 Å². The number of benzene rings is 6. The van der Waals surface area contributed by atoms with Crippen molar-refractivity contribution in [2.45, 2.75) is 29.4 Å². The molecule has 1 radical (unpaired) electrons. The van der Waals surface area contributed by atoms with E-state index in [9.17, 15) is 0 Å². The van der Waals surface area contributed by atoms with Crippen LogP contribution in [0.4, 0.5) is 4.70 Å². The maximum Gasteiger partial charge on any atom is 0.166 e. The molecule has 0 amide bonds. The minimum absolute atomic E-state index is 0. The van der Waals surface area contributed by atoms with Crippen LogP contribution in [-0.2, 0) is 24.8 Å². The van der Waals surface area contributed by atoms with Gasteiger partial charge in [-0.15, -0.1) is 0 Å². The monoisotopic (exact) mass is 715 g/mol. The quantitative estimate of drug-likeness (QED) is 0.140. The van der Waals surface area contributed by atoms with Crippen molar-refractivity contribution in [1.82, 2.24) is 0 Å². The van der Waals surface area contributed by atoms with Crippen LogP contribution in [0, 0.1) is 0 Å². The van der Waals surface area contributed by atoms with Crippen LogP contribution in [0.2, 0.25) is 0 Å². The van der Waals surface area contributed by atoms with E-state index in [4.69, 9.17) is 9.79 Å². The molecule has 0 saturated heterocycles. The fourth-order valence-electron chi connectivity index (χ4n) is 4.16. The normalized spacial score (nSPS) is 9.95. The van der Waals surface area contributed by atoms with Gasteiger partial charge in [0.1, 0.15) is 0 Å². The van der Waals surface area contributed by atoms with E-state index < -0.39 is 21.0 Å². The van der Waals surface area contributed by atoms with Gasteiger partial charge in [0.15, 0.2) is 29.4 Å². The van der Waals surface area contributed by atoms with Gasteiger partial charge in [0, 0.05) is 0 Å². The van der Waals surface area contributed by atoms with Crippen molar-refractivity contribution in [1.29, 1.82) is 0 Å². The molecule has 0 aliphatic rings. The van der Waals surface area contributed by atoms with Crippen LogP contribution in [0.5, 0.6) is 0 Å². The summed E-state index contributed by atoms with van der Waals surface area (Å²) in [4.78, 5) is 8.17. The average Bonchev–Trinajstić information content (AvgIpc) is 3.05. The van der Waals surface area contributed by atoms with Crippen LogP contribution in [0.1, 0.15) is 0 Å². The molecule has 43 heavy (non-hydrogen) atoms. The van der Waals surface area contributed by atoms with Gasteiger partial charge in [-0.05, 0) is 72.8 Å². The Morgan fingerprint density at radius 2 is 0.442 bits per heavy atom. The molecular formula is C36H31FO3S2Sb. The van der Waals surface area contributed by atoms with Gasteiger partial charge in [-0.3, -0.25) is 4.70 Å². The first-order valence-corrected chi connectivity index (χ1v) is 18.8. The van der Waals surface area contributed by atoms with Gasteiger partial charge in [0.2, 0.25) is 0 Å². The summed E-state index contributed by atoms with van der Waals surface area (Å²) in [6, 6.07) is 64.3.